The predicted molar refractivity (Wildman–Crippen MR) is 88.0 cm³/mol. The van der Waals surface area contributed by atoms with E-state index in [1.165, 1.54) is 12.1 Å². The molecule has 0 spiro atoms. The first-order chi connectivity index (χ1) is 9.97. The molecule has 1 atom stereocenters. The highest BCUT2D eigenvalue weighted by Crippen LogP contribution is 2.31. The standard InChI is InChI=1S/C15H10BrCl2FN2/c1-8(17)15-20-13-6-9(19)2-5-14(13)21(15)10-3-4-11(16)12(18)7-10/h2-8H,1H3. The van der Waals surface area contributed by atoms with E-state index in [4.69, 9.17) is 23.2 Å². The third kappa shape index (κ3) is 2.68. The molecule has 0 aliphatic carbocycles. The van der Waals surface area contributed by atoms with Gasteiger partial charge in [0.25, 0.3) is 0 Å². The summed E-state index contributed by atoms with van der Waals surface area (Å²) < 4.78 is 16.1. The normalized spacial score (nSPS) is 12.8. The fourth-order valence-electron chi connectivity index (χ4n) is 2.23. The first-order valence-electron chi connectivity index (χ1n) is 6.25. The van der Waals surface area contributed by atoms with Crippen LogP contribution in [-0.2, 0) is 0 Å². The predicted octanol–water partition coefficient (Wildman–Crippen LogP) is 5.88. The molecule has 1 heterocycles. The molecule has 6 heteroatoms. The van der Waals surface area contributed by atoms with Crippen LogP contribution in [0.2, 0.25) is 5.02 Å². The average Bonchev–Trinajstić information content (AvgIpc) is 2.80. The molecule has 0 N–H and O–H groups in total. The SMILES string of the molecule is CC(Cl)c1nc2cc(F)ccc2n1-c1ccc(Br)c(Cl)c1. The van der Waals surface area contributed by atoms with Gasteiger partial charge >= 0.3 is 0 Å². The van der Waals surface area contributed by atoms with Gasteiger partial charge in [0.15, 0.2) is 0 Å². The number of halogens is 4. The molecule has 3 aromatic rings. The second kappa shape index (κ2) is 5.59. The molecular formula is C15H10BrCl2FN2. The molecule has 108 valence electrons. The average molecular weight is 388 g/mol. The van der Waals surface area contributed by atoms with Gasteiger partial charge in [-0.05, 0) is 53.2 Å². The number of hydrogen-bond donors (Lipinski definition) is 0. The fourth-order valence-corrected chi connectivity index (χ4v) is 2.80. The summed E-state index contributed by atoms with van der Waals surface area (Å²) in [7, 11) is 0. The summed E-state index contributed by atoms with van der Waals surface area (Å²) in [6.07, 6.45) is 0. The molecule has 2 aromatic carbocycles. The van der Waals surface area contributed by atoms with Crippen LogP contribution in [0.4, 0.5) is 4.39 Å². The zero-order valence-corrected chi connectivity index (χ0v) is 14.0. The fraction of sp³-hybridized carbons (Fsp3) is 0.133. The van der Waals surface area contributed by atoms with Gasteiger partial charge in [0.2, 0.25) is 0 Å². The van der Waals surface area contributed by atoms with E-state index in [-0.39, 0.29) is 11.2 Å². The van der Waals surface area contributed by atoms with E-state index in [9.17, 15) is 4.39 Å². The maximum atomic E-state index is 13.4. The zero-order valence-electron chi connectivity index (χ0n) is 10.9. The van der Waals surface area contributed by atoms with Crippen molar-refractivity contribution in [3.8, 4) is 5.69 Å². The topological polar surface area (TPSA) is 17.8 Å². The molecule has 0 amide bonds. The Morgan fingerprint density at radius 1 is 1.24 bits per heavy atom. The molecule has 2 nitrogen and oxygen atoms in total. The van der Waals surface area contributed by atoms with E-state index >= 15 is 0 Å². The molecule has 1 aromatic heterocycles. The van der Waals surface area contributed by atoms with Crippen LogP contribution < -0.4 is 0 Å². The van der Waals surface area contributed by atoms with E-state index in [1.54, 1.807) is 6.07 Å². The number of imidazole rings is 1. The number of benzene rings is 2. The molecule has 0 saturated carbocycles. The molecule has 0 aliphatic rings. The van der Waals surface area contributed by atoms with Crippen LogP contribution in [0.5, 0.6) is 0 Å². The summed E-state index contributed by atoms with van der Waals surface area (Å²) in [6.45, 7) is 1.83. The Hall–Kier alpha value is -1.10. The monoisotopic (exact) mass is 386 g/mol. The number of nitrogens with zero attached hydrogens (tertiary/aromatic N) is 2. The summed E-state index contributed by atoms with van der Waals surface area (Å²) in [4.78, 5) is 4.44. The molecular weight excluding hydrogens is 378 g/mol. The minimum Gasteiger partial charge on any atom is -0.295 e. The molecule has 0 fully saturated rings. The lowest BCUT2D eigenvalue weighted by Gasteiger charge is -2.11. The van der Waals surface area contributed by atoms with Crippen LogP contribution >= 0.6 is 39.1 Å². The van der Waals surface area contributed by atoms with Crippen molar-refractivity contribution in [2.45, 2.75) is 12.3 Å². The van der Waals surface area contributed by atoms with Gasteiger partial charge in [-0.3, -0.25) is 4.57 Å². The Kier molecular flexibility index (Phi) is 3.95. The van der Waals surface area contributed by atoms with Crippen LogP contribution in [0.25, 0.3) is 16.7 Å². The highest BCUT2D eigenvalue weighted by Gasteiger charge is 2.17. The summed E-state index contributed by atoms with van der Waals surface area (Å²) in [6, 6.07) is 10.1. The first-order valence-corrected chi connectivity index (χ1v) is 7.85. The Bertz CT molecular complexity index is 830. The Morgan fingerprint density at radius 3 is 2.67 bits per heavy atom. The van der Waals surface area contributed by atoms with Crippen molar-refractivity contribution < 1.29 is 4.39 Å². The molecule has 1 unspecified atom stereocenters. The molecule has 3 rings (SSSR count). The van der Waals surface area contributed by atoms with Crippen molar-refractivity contribution in [3.63, 3.8) is 0 Å². The van der Waals surface area contributed by atoms with Crippen LogP contribution in [0.3, 0.4) is 0 Å². The minimum atomic E-state index is -0.324. The molecule has 0 aliphatic heterocycles. The number of hydrogen-bond acceptors (Lipinski definition) is 1. The number of aromatic nitrogens is 2. The van der Waals surface area contributed by atoms with Gasteiger partial charge in [-0.1, -0.05) is 11.6 Å². The van der Waals surface area contributed by atoms with Gasteiger partial charge in [0.05, 0.1) is 21.4 Å². The Balaban J connectivity index is 2.33. The largest absolute Gasteiger partial charge is 0.295 e. The highest BCUT2D eigenvalue weighted by atomic mass is 79.9. The lowest BCUT2D eigenvalue weighted by atomic mass is 10.2. The van der Waals surface area contributed by atoms with Crippen molar-refractivity contribution >= 4 is 50.2 Å². The van der Waals surface area contributed by atoms with Gasteiger partial charge in [0.1, 0.15) is 11.6 Å². The zero-order chi connectivity index (χ0) is 15.1. The van der Waals surface area contributed by atoms with Crippen molar-refractivity contribution in [2.24, 2.45) is 0 Å². The minimum absolute atomic E-state index is 0.317. The summed E-state index contributed by atoms with van der Waals surface area (Å²) in [5.74, 6) is 0.324. The second-order valence-corrected chi connectivity index (χ2v) is 6.57. The first kappa shape index (κ1) is 14.8. The smallest absolute Gasteiger partial charge is 0.132 e. The maximum Gasteiger partial charge on any atom is 0.132 e. The van der Waals surface area contributed by atoms with E-state index in [2.05, 4.69) is 20.9 Å². The van der Waals surface area contributed by atoms with E-state index in [0.29, 0.717) is 16.4 Å². The second-order valence-electron chi connectivity index (χ2n) is 4.65. The summed E-state index contributed by atoms with van der Waals surface area (Å²) in [5.41, 5.74) is 2.19. The molecule has 0 bridgehead atoms. The van der Waals surface area contributed by atoms with Crippen LogP contribution in [0.1, 0.15) is 18.1 Å². The van der Waals surface area contributed by atoms with Crippen LogP contribution in [0.15, 0.2) is 40.9 Å². The molecule has 0 radical (unpaired) electrons. The molecule has 0 saturated heterocycles. The van der Waals surface area contributed by atoms with E-state index in [1.807, 2.05) is 29.7 Å². The van der Waals surface area contributed by atoms with E-state index < -0.39 is 0 Å². The molecule has 21 heavy (non-hydrogen) atoms. The Labute approximate surface area is 139 Å². The van der Waals surface area contributed by atoms with E-state index in [0.717, 1.165) is 15.7 Å². The third-order valence-corrected chi connectivity index (χ3v) is 4.59. The summed E-state index contributed by atoms with van der Waals surface area (Å²) >= 11 is 15.8. The van der Waals surface area contributed by atoms with Crippen molar-refractivity contribution in [3.05, 3.63) is 57.5 Å². The van der Waals surface area contributed by atoms with Crippen LogP contribution in [0, 0.1) is 5.82 Å². The van der Waals surface area contributed by atoms with Crippen molar-refractivity contribution in [2.75, 3.05) is 0 Å². The Morgan fingerprint density at radius 2 is 2.00 bits per heavy atom. The highest BCUT2D eigenvalue weighted by molar-refractivity contribution is 9.10. The number of fused-ring (bicyclic) bond motifs is 1. The summed E-state index contributed by atoms with van der Waals surface area (Å²) in [5, 5.41) is 0.271. The number of alkyl halides is 1. The van der Waals surface area contributed by atoms with Gasteiger partial charge in [-0.2, -0.15) is 0 Å². The van der Waals surface area contributed by atoms with Gasteiger partial charge < -0.3 is 0 Å². The van der Waals surface area contributed by atoms with Crippen molar-refractivity contribution in [1.29, 1.82) is 0 Å². The number of rotatable bonds is 2. The third-order valence-electron chi connectivity index (χ3n) is 3.16. The van der Waals surface area contributed by atoms with Crippen molar-refractivity contribution in [1.82, 2.24) is 9.55 Å². The van der Waals surface area contributed by atoms with Gasteiger partial charge in [-0.25, -0.2) is 9.37 Å². The lowest BCUT2D eigenvalue weighted by Crippen LogP contribution is -2.01. The lowest BCUT2D eigenvalue weighted by molar-refractivity contribution is 0.629. The quantitative estimate of drug-likeness (QED) is 0.502. The van der Waals surface area contributed by atoms with Gasteiger partial charge in [-0.15, -0.1) is 11.6 Å². The van der Waals surface area contributed by atoms with Crippen LogP contribution in [-0.4, -0.2) is 9.55 Å². The maximum absolute atomic E-state index is 13.4. The van der Waals surface area contributed by atoms with Gasteiger partial charge in [0, 0.05) is 16.2 Å².